The lowest BCUT2D eigenvalue weighted by Crippen LogP contribution is -2.32. The Kier molecular flexibility index (Phi) is 5.58. The van der Waals surface area contributed by atoms with Crippen molar-refractivity contribution >= 4 is 5.91 Å². The second kappa shape index (κ2) is 6.95. The van der Waals surface area contributed by atoms with Crippen molar-refractivity contribution in [2.24, 2.45) is 7.05 Å². The van der Waals surface area contributed by atoms with Crippen LogP contribution in [-0.4, -0.2) is 23.1 Å². The van der Waals surface area contributed by atoms with E-state index in [0.717, 1.165) is 11.3 Å². The van der Waals surface area contributed by atoms with Crippen LogP contribution in [0.5, 0.6) is 0 Å². The third-order valence-electron chi connectivity index (χ3n) is 3.05. The van der Waals surface area contributed by atoms with Gasteiger partial charge in [-0.2, -0.15) is 5.26 Å². The summed E-state index contributed by atoms with van der Waals surface area (Å²) in [7, 11) is 1.88. The minimum Gasteiger partial charge on any atom is -0.354 e. The van der Waals surface area contributed by atoms with Gasteiger partial charge in [0.25, 0.3) is 0 Å². The summed E-state index contributed by atoms with van der Waals surface area (Å²) in [6.45, 7) is 7.19. The number of hydrogen-bond acceptors (Lipinski definition) is 3. The minimum atomic E-state index is 0.0602. The van der Waals surface area contributed by atoms with Crippen LogP contribution in [0.25, 0.3) is 0 Å². The van der Waals surface area contributed by atoms with Crippen LogP contribution in [0.15, 0.2) is 6.07 Å². The molecule has 0 saturated heterocycles. The Labute approximate surface area is 114 Å². The van der Waals surface area contributed by atoms with Crippen molar-refractivity contribution in [3.8, 4) is 6.07 Å². The van der Waals surface area contributed by atoms with Gasteiger partial charge in [-0.3, -0.25) is 4.79 Å². The molecule has 1 heterocycles. The molecule has 1 aromatic heterocycles. The van der Waals surface area contributed by atoms with Crippen LogP contribution in [0.4, 0.5) is 0 Å². The van der Waals surface area contributed by atoms with Crippen molar-refractivity contribution in [2.45, 2.75) is 39.8 Å². The van der Waals surface area contributed by atoms with Crippen molar-refractivity contribution < 1.29 is 4.79 Å². The van der Waals surface area contributed by atoms with E-state index in [1.54, 1.807) is 0 Å². The molecule has 0 aliphatic heterocycles. The molecule has 1 aromatic rings. The van der Waals surface area contributed by atoms with E-state index < -0.39 is 0 Å². The van der Waals surface area contributed by atoms with Gasteiger partial charge in [0, 0.05) is 38.3 Å². The van der Waals surface area contributed by atoms with E-state index in [-0.39, 0.29) is 11.9 Å². The summed E-state index contributed by atoms with van der Waals surface area (Å²) in [4.78, 5) is 11.4. The lowest BCUT2D eigenvalue weighted by molar-refractivity contribution is -0.121. The van der Waals surface area contributed by atoms with Gasteiger partial charge in [0.05, 0.1) is 0 Å². The van der Waals surface area contributed by atoms with Crippen molar-refractivity contribution in [3.63, 3.8) is 0 Å². The molecule has 0 radical (unpaired) electrons. The molecule has 5 heteroatoms. The molecule has 19 heavy (non-hydrogen) atoms. The van der Waals surface area contributed by atoms with Gasteiger partial charge in [0.2, 0.25) is 5.91 Å². The molecule has 104 valence electrons. The fourth-order valence-corrected chi connectivity index (χ4v) is 1.87. The zero-order valence-electron chi connectivity index (χ0n) is 12.1. The van der Waals surface area contributed by atoms with Crippen LogP contribution in [0.1, 0.15) is 37.2 Å². The highest BCUT2D eigenvalue weighted by Crippen LogP contribution is 2.12. The van der Waals surface area contributed by atoms with E-state index in [1.807, 2.05) is 38.5 Å². The van der Waals surface area contributed by atoms with Crippen molar-refractivity contribution in [2.75, 3.05) is 6.54 Å². The van der Waals surface area contributed by atoms with E-state index in [4.69, 9.17) is 5.26 Å². The fraction of sp³-hybridized carbons (Fsp3) is 0.571. The van der Waals surface area contributed by atoms with Gasteiger partial charge in [-0.15, -0.1) is 0 Å². The second-order valence-corrected chi connectivity index (χ2v) is 4.96. The number of aromatic nitrogens is 1. The van der Waals surface area contributed by atoms with Gasteiger partial charge in [-0.1, -0.05) is 0 Å². The van der Waals surface area contributed by atoms with Gasteiger partial charge in [0.15, 0.2) is 0 Å². The summed E-state index contributed by atoms with van der Waals surface area (Å²) in [6, 6.07) is 4.23. The fourth-order valence-electron chi connectivity index (χ4n) is 1.87. The van der Waals surface area contributed by atoms with E-state index in [0.29, 0.717) is 25.2 Å². The summed E-state index contributed by atoms with van der Waals surface area (Å²) < 4.78 is 1.88. The maximum absolute atomic E-state index is 11.4. The maximum atomic E-state index is 11.4. The summed E-state index contributed by atoms with van der Waals surface area (Å²) in [5, 5.41) is 15.0. The molecule has 1 amide bonds. The average molecular weight is 262 g/mol. The van der Waals surface area contributed by atoms with Crippen molar-refractivity contribution in [1.29, 1.82) is 5.26 Å². The molecule has 2 N–H and O–H groups in total. The number of rotatable bonds is 6. The quantitative estimate of drug-likeness (QED) is 0.757. The number of nitriles is 1. The summed E-state index contributed by atoms with van der Waals surface area (Å²) in [5.41, 5.74) is 2.84. The number of hydrogen-bond donors (Lipinski definition) is 2. The predicted octanol–water partition coefficient (Wildman–Crippen LogP) is 1.21. The molecule has 0 aromatic carbocycles. The topological polar surface area (TPSA) is 69.8 Å². The highest BCUT2D eigenvalue weighted by atomic mass is 16.1. The van der Waals surface area contributed by atoms with Crippen molar-refractivity contribution in [1.82, 2.24) is 15.2 Å². The number of carbonyl (C=O) groups is 1. The van der Waals surface area contributed by atoms with E-state index in [2.05, 4.69) is 16.7 Å². The molecule has 5 nitrogen and oxygen atoms in total. The largest absolute Gasteiger partial charge is 0.354 e. The normalized spacial score (nSPS) is 10.5. The molecule has 0 unspecified atom stereocenters. The van der Waals surface area contributed by atoms with Gasteiger partial charge in [-0.05, 0) is 32.4 Å². The number of carbonyl (C=O) groups excluding carboxylic acids is 1. The zero-order chi connectivity index (χ0) is 14.4. The molecule has 0 saturated carbocycles. The smallest absolute Gasteiger partial charge is 0.221 e. The molecule has 0 spiro atoms. The highest BCUT2D eigenvalue weighted by Gasteiger charge is 2.08. The maximum Gasteiger partial charge on any atom is 0.221 e. The Balaban J connectivity index is 2.38. The summed E-state index contributed by atoms with van der Waals surface area (Å²) >= 11 is 0. The SMILES string of the molecule is Cc1c(CNCCC(=O)NC(C)C)cc(C#N)n1C. The molecule has 0 aliphatic rings. The molecule has 0 bridgehead atoms. The Morgan fingerprint density at radius 2 is 2.21 bits per heavy atom. The van der Waals surface area contributed by atoms with E-state index in [9.17, 15) is 4.79 Å². The van der Waals surface area contributed by atoms with Crippen molar-refractivity contribution in [3.05, 3.63) is 23.0 Å². The van der Waals surface area contributed by atoms with Gasteiger partial charge in [-0.25, -0.2) is 0 Å². The van der Waals surface area contributed by atoms with Crippen LogP contribution in [0.3, 0.4) is 0 Å². The van der Waals surface area contributed by atoms with Gasteiger partial charge in [0.1, 0.15) is 11.8 Å². The number of nitrogens with one attached hydrogen (secondary N) is 2. The molecular weight excluding hydrogens is 240 g/mol. The third kappa shape index (κ3) is 4.42. The Hall–Kier alpha value is -1.80. The number of amides is 1. The van der Waals surface area contributed by atoms with Crippen LogP contribution in [0, 0.1) is 18.3 Å². The molecule has 0 aliphatic carbocycles. The van der Waals surface area contributed by atoms with Gasteiger partial charge >= 0.3 is 0 Å². The van der Waals surface area contributed by atoms with E-state index in [1.165, 1.54) is 0 Å². The monoisotopic (exact) mass is 262 g/mol. The lowest BCUT2D eigenvalue weighted by atomic mass is 10.2. The minimum absolute atomic E-state index is 0.0602. The van der Waals surface area contributed by atoms with Crippen LogP contribution < -0.4 is 10.6 Å². The van der Waals surface area contributed by atoms with Crippen LogP contribution in [-0.2, 0) is 18.4 Å². The van der Waals surface area contributed by atoms with Crippen LogP contribution in [0.2, 0.25) is 0 Å². The predicted molar refractivity (Wildman–Crippen MR) is 74.5 cm³/mol. The summed E-state index contributed by atoms with van der Waals surface area (Å²) in [5.74, 6) is 0.0602. The second-order valence-electron chi connectivity index (χ2n) is 4.96. The van der Waals surface area contributed by atoms with Crippen LogP contribution >= 0.6 is 0 Å². The average Bonchev–Trinajstić information content (AvgIpc) is 2.61. The highest BCUT2D eigenvalue weighted by molar-refractivity contribution is 5.76. The Morgan fingerprint density at radius 3 is 2.74 bits per heavy atom. The standard InChI is InChI=1S/C14H22N4O/c1-10(2)17-14(19)5-6-16-9-12-7-13(8-15)18(4)11(12)3/h7,10,16H,5-6,9H2,1-4H3,(H,17,19). The first-order chi connectivity index (χ1) is 8.95. The molecule has 1 rings (SSSR count). The van der Waals surface area contributed by atoms with E-state index >= 15 is 0 Å². The Bertz CT molecular complexity index is 482. The molecule has 0 atom stereocenters. The Morgan fingerprint density at radius 1 is 1.53 bits per heavy atom. The zero-order valence-corrected chi connectivity index (χ0v) is 12.1. The first kappa shape index (κ1) is 15.3. The third-order valence-corrected chi connectivity index (χ3v) is 3.05. The van der Waals surface area contributed by atoms with Gasteiger partial charge < -0.3 is 15.2 Å². The number of nitrogens with zero attached hydrogens (tertiary/aromatic N) is 2. The first-order valence-electron chi connectivity index (χ1n) is 6.51. The molecule has 0 fully saturated rings. The lowest BCUT2D eigenvalue weighted by Gasteiger charge is -2.09. The molecular formula is C14H22N4O. The summed E-state index contributed by atoms with van der Waals surface area (Å²) in [6.07, 6.45) is 0.467. The first-order valence-corrected chi connectivity index (χ1v) is 6.51.